The molecule has 0 aromatic heterocycles. The molecule has 0 bridgehead atoms. The van der Waals surface area contributed by atoms with Gasteiger partial charge in [-0.25, -0.2) is 4.39 Å². The van der Waals surface area contributed by atoms with Gasteiger partial charge in [-0.1, -0.05) is 19.1 Å². The minimum absolute atomic E-state index is 0.0900. The summed E-state index contributed by atoms with van der Waals surface area (Å²) >= 11 is 0. The highest BCUT2D eigenvalue weighted by atomic mass is 19.1. The Bertz CT molecular complexity index is 432. The Morgan fingerprint density at radius 2 is 2.18 bits per heavy atom. The fourth-order valence-electron chi connectivity index (χ4n) is 2.30. The molecule has 0 aliphatic heterocycles. The molecule has 0 unspecified atom stereocenters. The Labute approximate surface area is 101 Å². The van der Waals surface area contributed by atoms with Crippen molar-refractivity contribution >= 4 is 5.91 Å². The molecule has 1 aliphatic carbocycles. The van der Waals surface area contributed by atoms with Crippen molar-refractivity contribution < 1.29 is 9.18 Å². The molecule has 1 aromatic carbocycles. The van der Waals surface area contributed by atoms with Crippen LogP contribution in [0.4, 0.5) is 4.39 Å². The molecule has 0 atom stereocenters. The average Bonchev–Trinajstić information content (AvgIpc) is 2.27. The van der Waals surface area contributed by atoms with Gasteiger partial charge in [-0.05, 0) is 44.2 Å². The molecule has 1 fully saturated rings. The number of carbonyl (C=O) groups is 1. The smallest absolute Gasteiger partial charge is 0.254 e. The van der Waals surface area contributed by atoms with Crippen LogP contribution in [0.15, 0.2) is 18.2 Å². The van der Waals surface area contributed by atoms with E-state index < -0.39 is 5.82 Å². The van der Waals surface area contributed by atoms with Gasteiger partial charge in [0, 0.05) is 5.54 Å². The first kappa shape index (κ1) is 12.1. The van der Waals surface area contributed by atoms with E-state index in [1.54, 1.807) is 25.1 Å². The molecule has 0 radical (unpaired) electrons. The highest BCUT2D eigenvalue weighted by molar-refractivity contribution is 5.95. The summed E-state index contributed by atoms with van der Waals surface area (Å²) < 4.78 is 13.8. The van der Waals surface area contributed by atoms with Crippen molar-refractivity contribution in [2.75, 3.05) is 0 Å². The minimum atomic E-state index is -0.407. The normalized spacial score (nSPS) is 17.4. The minimum Gasteiger partial charge on any atom is -0.347 e. The Morgan fingerprint density at radius 1 is 1.47 bits per heavy atom. The van der Waals surface area contributed by atoms with Crippen molar-refractivity contribution in [2.24, 2.45) is 0 Å². The summed E-state index contributed by atoms with van der Waals surface area (Å²) in [5.74, 6) is -0.691. The lowest BCUT2D eigenvalue weighted by Gasteiger charge is -2.42. The zero-order chi connectivity index (χ0) is 12.5. The molecule has 1 N–H and O–H groups in total. The zero-order valence-corrected chi connectivity index (χ0v) is 10.3. The Balaban J connectivity index is 2.17. The van der Waals surface area contributed by atoms with Crippen molar-refractivity contribution in [3.63, 3.8) is 0 Å². The van der Waals surface area contributed by atoms with Gasteiger partial charge in [-0.15, -0.1) is 0 Å². The van der Waals surface area contributed by atoms with Crippen LogP contribution in [0.1, 0.15) is 48.5 Å². The first-order valence-electron chi connectivity index (χ1n) is 6.15. The van der Waals surface area contributed by atoms with Gasteiger partial charge in [0.25, 0.3) is 5.91 Å². The van der Waals surface area contributed by atoms with E-state index in [0.717, 1.165) is 25.7 Å². The standard InChI is InChI=1S/C14H18FNO/c1-3-14(8-5-9-14)16-13(17)11-7-4-6-10(2)12(11)15/h4,6-7H,3,5,8-9H2,1-2H3,(H,16,17). The second kappa shape index (κ2) is 4.47. The molecule has 2 nitrogen and oxygen atoms in total. The molecule has 0 spiro atoms. The first-order valence-corrected chi connectivity index (χ1v) is 6.15. The predicted octanol–water partition coefficient (Wildman–Crippen LogP) is 3.20. The second-order valence-electron chi connectivity index (χ2n) is 4.88. The maximum absolute atomic E-state index is 13.8. The predicted molar refractivity (Wildman–Crippen MR) is 65.5 cm³/mol. The summed E-state index contributed by atoms with van der Waals surface area (Å²) in [5, 5.41) is 2.98. The number of hydrogen-bond donors (Lipinski definition) is 1. The second-order valence-corrected chi connectivity index (χ2v) is 4.88. The molecule has 0 saturated heterocycles. The molecule has 92 valence electrons. The number of aryl methyl sites for hydroxylation is 1. The van der Waals surface area contributed by atoms with Crippen LogP contribution in [-0.4, -0.2) is 11.4 Å². The van der Waals surface area contributed by atoms with E-state index in [1.165, 1.54) is 0 Å². The van der Waals surface area contributed by atoms with E-state index >= 15 is 0 Å². The van der Waals surface area contributed by atoms with Crippen molar-refractivity contribution in [1.82, 2.24) is 5.32 Å². The topological polar surface area (TPSA) is 29.1 Å². The lowest BCUT2D eigenvalue weighted by atomic mass is 9.74. The van der Waals surface area contributed by atoms with Crippen LogP contribution in [0.25, 0.3) is 0 Å². The number of amides is 1. The summed E-state index contributed by atoms with van der Waals surface area (Å²) in [6, 6.07) is 4.93. The van der Waals surface area contributed by atoms with Gasteiger partial charge >= 0.3 is 0 Å². The summed E-state index contributed by atoms with van der Waals surface area (Å²) in [7, 11) is 0. The lowest BCUT2D eigenvalue weighted by Crippen LogP contribution is -2.53. The molecule has 1 aromatic rings. The third-order valence-electron chi connectivity index (χ3n) is 3.80. The number of benzene rings is 1. The maximum atomic E-state index is 13.8. The monoisotopic (exact) mass is 235 g/mol. The van der Waals surface area contributed by atoms with Crippen molar-refractivity contribution in [2.45, 2.75) is 45.1 Å². The molecule has 1 saturated carbocycles. The first-order chi connectivity index (χ1) is 8.08. The average molecular weight is 235 g/mol. The third kappa shape index (κ3) is 2.19. The highest BCUT2D eigenvalue weighted by Gasteiger charge is 2.36. The molecule has 2 rings (SSSR count). The van der Waals surface area contributed by atoms with Gasteiger partial charge < -0.3 is 5.32 Å². The van der Waals surface area contributed by atoms with Crippen LogP contribution in [0.3, 0.4) is 0 Å². The molecule has 17 heavy (non-hydrogen) atoms. The van der Waals surface area contributed by atoms with Gasteiger partial charge in [0.2, 0.25) is 0 Å². The summed E-state index contributed by atoms with van der Waals surface area (Å²) in [6.45, 7) is 3.73. The Kier molecular flexibility index (Phi) is 3.18. The fraction of sp³-hybridized carbons (Fsp3) is 0.500. The van der Waals surface area contributed by atoms with Crippen LogP contribution < -0.4 is 5.32 Å². The summed E-state index contributed by atoms with van der Waals surface area (Å²) in [5.41, 5.74) is 0.578. The van der Waals surface area contributed by atoms with Gasteiger partial charge in [0.1, 0.15) is 5.82 Å². The van der Waals surface area contributed by atoms with Crippen molar-refractivity contribution in [1.29, 1.82) is 0 Å². The van der Waals surface area contributed by atoms with Crippen LogP contribution in [0.5, 0.6) is 0 Å². The number of carbonyl (C=O) groups excluding carboxylic acids is 1. The van der Waals surface area contributed by atoms with Gasteiger partial charge in [-0.2, -0.15) is 0 Å². The third-order valence-corrected chi connectivity index (χ3v) is 3.80. The summed E-state index contributed by atoms with van der Waals surface area (Å²) in [4.78, 5) is 12.0. The van der Waals surface area contributed by atoms with Crippen LogP contribution in [-0.2, 0) is 0 Å². The van der Waals surface area contributed by atoms with E-state index in [9.17, 15) is 9.18 Å². The lowest BCUT2D eigenvalue weighted by molar-refractivity contribution is 0.0816. The fourth-order valence-corrected chi connectivity index (χ4v) is 2.30. The van der Waals surface area contributed by atoms with E-state index in [4.69, 9.17) is 0 Å². The summed E-state index contributed by atoms with van der Waals surface area (Å²) in [6.07, 6.45) is 4.06. The van der Waals surface area contributed by atoms with Crippen LogP contribution >= 0.6 is 0 Å². The quantitative estimate of drug-likeness (QED) is 0.856. The molecular formula is C14H18FNO. The van der Waals surface area contributed by atoms with Crippen molar-refractivity contribution in [3.05, 3.63) is 35.1 Å². The Hall–Kier alpha value is -1.38. The number of rotatable bonds is 3. The molecule has 3 heteroatoms. The molecule has 0 heterocycles. The van der Waals surface area contributed by atoms with Crippen molar-refractivity contribution in [3.8, 4) is 0 Å². The SMILES string of the molecule is CCC1(NC(=O)c2cccc(C)c2F)CCC1. The number of halogens is 1. The number of nitrogens with one attached hydrogen (secondary N) is 1. The molecule has 1 aliphatic rings. The van der Waals surface area contributed by atoms with Crippen LogP contribution in [0.2, 0.25) is 0 Å². The van der Waals surface area contributed by atoms with Gasteiger partial charge in [-0.3, -0.25) is 4.79 Å². The van der Waals surface area contributed by atoms with E-state index in [-0.39, 0.29) is 17.0 Å². The largest absolute Gasteiger partial charge is 0.347 e. The zero-order valence-electron chi connectivity index (χ0n) is 10.3. The van der Waals surface area contributed by atoms with E-state index in [1.807, 2.05) is 0 Å². The number of hydrogen-bond acceptors (Lipinski definition) is 1. The van der Waals surface area contributed by atoms with Gasteiger partial charge in [0.05, 0.1) is 5.56 Å². The maximum Gasteiger partial charge on any atom is 0.254 e. The van der Waals surface area contributed by atoms with E-state index in [2.05, 4.69) is 12.2 Å². The highest BCUT2D eigenvalue weighted by Crippen LogP contribution is 2.34. The van der Waals surface area contributed by atoms with Gasteiger partial charge in [0.15, 0.2) is 0 Å². The molecular weight excluding hydrogens is 217 g/mol. The van der Waals surface area contributed by atoms with Crippen LogP contribution in [0, 0.1) is 12.7 Å². The molecule has 1 amide bonds. The van der Waals surface area contributed by atoms with E-state index in [0.29, 0.717) is 5.56 Å². The Morgan fingerprint density at radius 3 is 2.71 bits per heavy atom.